The van der Waals surface area contributed by atoms with Crippen LogP contribution in [0.4, 0.5) is 10.1 Å². The van der Waals surface area contributed by atoms with Gasteiger partial charge in [-0.25, -0.2) is 4.39 Å². The number of hydrogen-bond acceptors (Lipinski definition) is 2. The van der Waals surface area contributed by atoms with Gasteiger partial charge in [0.25, 0.3) is 5.91 Å². The summed E-state index contributed by atoms with van der Waals surface area (Å²) in [7, 11) is 0. The largest absolute Gasteiger partial charge is 0.399 e. The topological polar surface area (TPSA) is 46.3 Å². The van der Waals surface area contributed by atoms with Crippen LogP contribution in [0.2, 0.25) is 0 Å². The van der Waals surface area contributed by atoms with Crippen molar-refractivity contribution >= 4 is 11.6 Å². The smallest absolute Gasteiger partial charge is 0.254 e. The number of nitrogens with two attached hydrogens (primary N) is 1. The molecule has 0 heterocycles. The lowest BCUT2D eigenvalue weighted by atomic mass is 10.1. The predicted octanol–water partition coefficient (Wildman–Crippen LogP) is 3.07. The molecule has 0 atom stereocenters. The van der Waals surface area contributed by atoms with Gasteiger partial charge in [0.1, 0.15) is 5.82 Å². The van der Waals surface area contributed by atoms with Crippen LogP contribution in [0.3, 0.4) is 0 Å². The number of halogens is 1. The molecule has 0 aliphatic heterocycles. The van der Waals surface area contributed by atoms with Crippen molar-refractivity contribution in [1.29, 1.82) is 0 Å². The van der Waals surface area contributed by atoms with E-state index in [0.29, 0.717) is 24.3 Å². The maximum atomic E-state index is 13.2. The molecule has 0 bridgehead atoms. The Morgan fingerprint density at radius 3 is 2.60 bits per heavy atom. The van der Waals surface area contributed by atoms with Crippen molar-refractivity contribution < 1.29 is 9.18 Å². The monoisotopic (exact) mass is 272 g/mol. The van der Waals surface area contributed by atoms with E-state index in [-0.39, 0.29) is 11.7 Å². The summed E-state index contributed by atoms with van der Waals surface area (Å²) in [5, 5.41) is 0. The first-order valence-electron chi connectivity index (χ1n) is 6.49. The van der Waals surface area contributed by atoms with Gasteiger partial charge in [0, 0.05) is 24.3 Å². The van der Waals surface area contributed by atoms with Crippen molar-refractivity contribution in [2.45, 2.75) is 13.5 Å². The quantitative estimate of drug-likeness (QED) is 0.869. The van der Waals surface area contributed by atoms with Crippen LogP contribution in [-0.4, -0.2) is 17.4 Å². The lowest BCUT2D eigenvalue weighted by Crippen LogP contribution is -2.30. The molecule has 2 N–H and O–H groups in total. The van der Waals surface area contributed by atoms with E-state index in [0.717, 1.165) is 5.56 Å². The number of rotatable bonds is 4. The summed E-state index contributed by atoms with van der Waals surface area (Å²) in [4.78, 5) is 14.1. The molecule has 104 valence electrons. The second-order valence-electron chi connectivity index (χ2n) is 4.57. The van der Waals surface area contributed by atoms with Gasteiger partial charge in [0.05, 0.1) is 0 Å². The van der Waals surface area contributed by atoms with E-state index in [9.17, 15) is 9.18 Å². The van der Waals surface area contributed by atoms with Crippen molar-refractivity contribution in [2.75, 3.05) is 12.3 Å². The van der Waals surface area contributed by atoms with Crippen LogP contribution in [0.5, 0.6) is 0 Å². The Kier molecular flexibility index (Phi) is 4.35. The highest BCUT2D eigenvalue weighted by Gasteiger charge is 2.14. The predicted molar refractivity (Wildman–Crippen MR) is 77.7 cm³/mol. The molecule has 0 unspecified atom stereocenters. The van der Waals surface area contributed by atoms with Gasteiger partial charge in [-0.1, -0.05) is 18.2 Å². The molecular formula is C16H17FN2O. The zero-order valence-corrected chi connectivity index (χ0v) is 11.3. The summed E-state index contributed by atoms with van der Waals surface area (Å²) < 4.78 is 13.2. The van der Waals surface area contributed by atoms with Crippen molar-refractivity contribution in [3.63, 3.8) is 0 Å². The number of anilines is 1. The molecule has 2 aromatic carbocycles. The lowest BCUT2D eigenvalue weighted by Gasteiger charge is -2.21. The maximum Gasteiger partial charge on any atom is 0.254 e. The second kappa shape index (κ2) is 6.19. The van der Waals surface area contributed by atoms with E-state index in [2.05, 4.69) is 0 Å². The maximum absolute atomic E-state index is 13.2. The number of carbonyl (C=O) groups excluding carboxylic acids is 1. The molecule has 0 saturated carbocycles. The number of benzene rings is 2. The SMILES string of the molecule is CCN(Cc1cccc(F)c1)C(=O)c1cccc(N)c1. The molecule has 0 radical (unpaired) electrons. The van der Waals surface area contributed by atoms with Gasteiger partial charge in [-0.15, -0.1) is 0 Å². The molecule has 2 rings (SSSR count). The Balaban J connectivity index is 2.18. The van der Waals surface area contributed by atoms with Crippen LogP contribution in [0, 0.1) is 5.82 Å². The van der Waals surface area contributed by atoms with E-state index in [1.165, 1.54) is 12.1 Å². The molecule has 0 aliphatic rings. The highest BCUT2D eigenvalue weighted by molar-refractivity contribution is 5.95. The zero-order chi connectivity index (χ0) is 14.5. The summed E-state index contributed by atoms with van der Waals surface area (Å²) in [6.45, 7) is 2.82. The van der Waals surface area contributed by atoms with Crippen LogP contribution in [0.25, 0.3) is 0 Å². The number of carbonyl (C=O) groups is 1. The molecule has 0 fully saturated rings. The first-order chi connectivity index (χ1) is 9.60. The highest BCUT2D eigenvalue weighted by atomic mass is 19.1. The van der Waals surface area contributed by atoms with Crippen LogP contribution < -0.4 is 5.73 Å². The Bertz CT molecular complexity index is 613. The van der Waals surface area contributed by atoms with Crippen molar-refractivity contribution in [2.24, 2.45) is 0 Å². The van der Waals surface area contributed by atoms with Crippen molar-refractivity contribution in [3.8, 4) is 0 Å². The fraction of sp³-hybridized carbons (Fsp3) is 0.188. The number of amides is 1. The summed E-state index contributed by atoms with van der Waals surface area (Å²) in [6, 6.07) is 13.1. The molecule has 4 heteroatoms. The van der Waals surface area contributed by atoms with Gasteiger partial charge in [0.2, 0.25) is 0 Å². The van der Waals surface area contributed by atoms with Gasteiger partial charge in [-0.05, 0) is 42.8 Å². The van der Waals surface area contributed by atoms with Gasteiger partial charge in [0.15, 0.2) is 0 Å². The van der Waals surface area contributed by atoms with Gasteiger partial charge in [-0.2, -0.15) is 0 Å². The average Bonchev–Trinajstić information content (AvgIpc) is 2.44. The fourth-order valence-electron chi connectivity index (χ4n) is 2.04. The molecular weight excluding hydrogens is 255 g/mol. The third-order valence-electron chi connectivity index (χ3n) is 3.06. The molecule has 0 aliphatic carbocycles. The van der Waals surface area contributed by atoms with Crippen LogP contribution in [-0.2, 0) is 6.54 Å². The molecule has 2 aromatic rings. The molecule has 3 nitrogen and oxygen atoms in total. The molecule has 0 aromatic heterocycles. The minimum absolute atomic E-state index is 0.107. The van der Waals surface area contributed by atoms with Crippen molar-refractivity contribution in [3.05, 3.63) is 65.5 Å². The van der Waals surface area contributed by atoms with Gasteiger partial charge >= 0.3 is 0 Å². The molecule has 0 spiro atoms. The van der Waals surface area contributed by atoms with Crippen LogP contribution in [0.15, 0.2) is 48.5 Å². The summed E-state index contributed by atoms with van der Waals surface area (Å²) in [5.74, 6) is -0.404. The van der Waals surface area contributed by atoms with Crippen molar-refractivity contribution in [1.82, 2.24) is 4.90 Å². The first kappa shape index (κ1) is 14.1. The Morgan fingerprint density at radius 2 is 1.95 bits per heavy atom. The standard InChI is InChI=1S/C16H17FN2O/c1-2-19(11-12-5-3-7-14(17)9-12)16(20)13-6-4-8-15(18)10-13/h3-10H,2,11,18H2,1H3. The fourth-order valence-corrected chi connectivity index (χ4v) is 2.04. The Labute approximate surface area is 117 Å². The van der Waals surface area contributed by atoms with Crippen LogP contribution in [0.1, 0.15) is 22.8 Å². The number of hydrogen-bond donors (Lipinski definition) is 1. The van der Waals surface area contributed by atoms with E-state index in [1.807, 2.05) is 6.92 Å². The molecule has 1 amide bonds. The first-order valence-corrected chi connectivity index (χ1v) is 6.49. The summed E-state index contributed by atoms with van der Waals surface area (Å²) in [6.07, 6.45) is 0. The highest BCUT2D eigenvalue weighted by Crippen LogP contribution is 2.13. The Hall–Kier alpha value is -2.36. The third kappa shape index (κ3) is 3.35. The zero-order valence-electron chi connectivity index (χ0n) is 11.3. The van der Waals surface area contributed by atoms with E-state index in [4.69, 9.17) is 5.73 Å². The summed E-state index contributed by atoms with van der Waals surface area (Å²) >= 11 is 0. The summed E-state index contributed by atoms with van der Waals surface area (Å²) in [5.41, 5.74) is 7.56. The van der Waals surface area contributed by atoms with E-state index >= 15 is 0 Å². The average molecular weight is 272 g/mol. The lowest BCUT2D eigenvalue weighted by molar-refractivity contribution is 0.0752. The normalized spacial score (nSPS) is 10.3. The molecule has 0 saturated heterocycles. The minimum Gasteiger partial charge on any atom is -0.399 e. The van der Waals surface area contributed by atoms with Gasteiger partial charge < -0.3 is 10.6 Å². The molecule has 20 heavy (non-hydrogen) atoms. The third-order valence-corrected chi connectivity index (χ3v) is 3.06. The Morgan fingerprint density at radius 1 is 1.20 bits per heavy atom. The number of nitrogens with zero attached hydrogens (tertiary/aromatic N) is 1. The number of nitrogen functional groups attached to an aromatic ring is 1. The second-order valence-corrected chi connectivity index (χ2v) is 4.57. The minimum atomic E-state index is -0.296. The van der Waals surface area contributed by atoms with Crippen LogP contribution >= 0.6 is 0 Å². The van der Waals surface area contributed by atoms with E-state index < -0.39 is 0 Å². The van der Waals surface area contributed by atoms with E-state index in [1.54, 1.807) is 41.3 Å². The van der Waals surface area contributed by atoms with Gasteiger partial charge in [-0.3, -0.25) is 4.79 Å².